The molecule has 0 fully saturated rings. The summed E-state index contributed by atoms with van der Waals surface area (Å²) in [6.07, 6.45) is 4.34. The molecule has 0 bridgehead atoms. The molecule has 18 heavy (non-hydrogen) atoms. The zero-order valence-electron chi connectivity index (χ0n) is 12.7. The maximum atomic E-state index is 3.25. The van der Waals surface area contributed by atoms with Gasteiger partial charge >= 0.3 is 0 Å². The average Bonchev–Trinajstić information content (AvgIpc) is 2.93. The summed E-state index contributed by atoms with van der Waals surface area (Å²) < 4.78 is 0. The van der Waals surface area contributed by atoms with Gasteiger partial charge in [0, 0.05) is 24.5 Å². The lowest BCUT2D eigenvalue weighted by Crippen LogP contribution is -2.30. The van der Waals surface area contributed by atoms with Gasteiger partial charge < -0.3 is 10.2 Å². The van der Waals surface area contributed by atoms with Crippen LogP contribution in [-0.4, -0.2) is 19.6 Å². The van der Waals surface area contributed by atoms with Crippen molar-refractivity contribution in [2.24, 2.45) is 0 Å². The van der Waals surface area contributed by atoms with E-state index in [0.717, 1.165) is 6.54 Å². The molecule has 0 amide bonds. The molecule has 1 unspecified atom stereocenters. The summed E-state index contributed by atoms with van der Waals surface area (Å²) in [6, 6.07) is 9.11. The number of nitrogens with zero attached hydrogens (tertiary/aromatic N) is 1. The van der Waals surface area contributed by atoms with Crippen molar-refractivity contribution in [1.82, 2.24) is 5.32 Å². The Morgan fingerprint density at radius 3 is 2.06 bits per heavy atom. The number of likely N-dealkylation sites (N-methyl/N-ethyl adjacent to an activating group) is 1. The van der Waals surface area contributed by atoms with Gasteiger partial charge in [-0.05, 0) is 32.2 Å². The number of aryl methyl sites for hydroxylation is 1. The molecule has 1 atom stereocenters. The Bertz CT molecular complexity index is 327. The van der Waals surface area contributed by atoms with Crippen molar-refractivity contribution in [3.8, 4) is 0 Å². The van der Waals surface area contributed by atoms with Crippen molar-refractivity contribution in [2.75, 3.05) is 18.5 Å². The van der Waals surface area contributed by atoms with Crippen LogP contribution in [0.2, 0.25) is 0 Å². The summed E-state index contributed by atoms with van der Waals surface area (Å²) in [5.41, 5.74) is 2.58. The van der Waals surface area contributed by atoms with Crippen LogP contribution in [0.4, 0.5) is 5.69 Å². The first-order valence-corrected chi connectivity index (χ1v) is 6.98. The van der Waals surface area contributed by atoms with E-state index in [1.54, 1.807) is 0 Å². The van der Waals surface area contributed by atoms with Crippen LogP contribution in [0.15, 0.2) is 36.5 Å². The van der Waals surface area contributed by atoms with Crippen LogP contribution in [0.5, 0.6) is 0 Å². The molecule has 1 aromatic carbocycles. The Morgan fingerprint density at radius 1 is 1.06 bits per heavy atom. The van der Waals surface area contributed by atoms with Gasteiger partial charge in [0.15, 0.2) is 0 Å². The molecule has 1 N–H and O–H groups in total. The summed E-state index contributed by atoms with van der Waals surface area (Å²) in [5, 5.41) is 3.25. The van der Waals surface area contributed by atoms with E-state index in [0.29, 0.717) is 6.04 Å². The van der Waals surface area contributed by atoms with Crippen molar-refractivity contribution < 1.29 is 0 Å². The highest BCUT2D eigenvalue weighted by atomic mass is 15.2. The van der Waals surface area contributed by atoms with Crippen molar-refractivity contribution in [1.29, 1.82) is 0 Å². The van der Waals surface area contributed by atoms with Crippen molar-refractivity contribution in [2.45, 2.75) is 40.7 Å². The van der Waals surface area contributed by atoms with Gasteiger partial charge in [-0.1, -0.05) is 45.4 Å². The highest BCUT2D eigenvalue weighted by molar-refractivity contribution is 5.52. The Balaban J connectivity index is 0.000000659. The van der Waals surface area contributed by atoms with Crippen LogP contribution in [0.3, 0.4) is 0 Å². The summed E-state index contributed by atoms with van der Waals surface area (Å²) in [4.78, 5) is 2.26. The van der Waals surface area contributed by atoms with Crippen LogP contribution in [0.25, 0.3) is 0 Å². The lowest BCUT2D eigenvalue weighted by molar-refractivity contribution is 0.694. The van der Waals surface area contributed by atoms with Gasteiger partial charge in [0.25, 0.3) is 0 Å². The molecule has 0 aliphatic carbocycles. The van der Waals surface area contributed by atoms with E-state index in [1.807, 2.05) is 34.7 Å². The fourth-order valence-electron chi connectivity index (χ4n) is 1.66. The number of benzene rings is 1. The second-order valence-electron chi connectivity index (χ2n) is 3.72. The lowest BCUT2D eigenvalue weighted by Gasteiger charge is -2.17. The van der Waals surface area contributed by atoms with Crippen LogP contribution < -0.4 is 10.2 Å². The van der Waals surface area contributed by atoms with Crippen molar-refractivity contribution in [3.05, 3.63) is 42.1 Å². The van der Waals surface area contributed by atoms with Crippen LogP contribution in [-0.2, 0) is 0 Å². The quantitative estimate of drug-likeness (QED) is 0.852. The molecule has 0 aromatic heterocycles. The van der Waals surface area contributed by atoms with Crippen molar-refractivity contribution in [3.63, 3.8) is 0 Å². The third kappa shape index (κ3) is 4.92. The van der Waals surface area contributed by atoms with E-state index in [2.05, 4.69) is 53.7 Å². The van der Waals surface area contributed by atoms with Crippen molar-refractivity contribution >= 4 is 5.69 Å². The lowest BCUT2D eigenvalue weighted by atomic mass is 10.2. The molecule has 2 rings (SSSR count). The molecule has 2 nitrogen and oxygen atoms in total. The zero-order valence-corrected chi connectivity index (χ0v) is 12.7. The summed E-state index contributed by atoms with van der Waals surface area (Å²) in [5.74, 6) is 0. The minimum absolute atomic E-state index is 0.483. The van der Waals surface area contributed by atoms with Gasteiger partial charge in [0.2, 0.25) is 0 Å². The van der Waals surface area contributed by atoms with Gasteiger partial charge in [-0.15, -0.1) is 0 Å². The third-order valence-corrected chi connectivity index (χ3v) is 2.63. The number of rotatable bonds is 2. The zero-order chi connectivity index (χ0) is 14.0. The highest BCUT2D eigenvalue weighted by Crippen LogP contribution is 2.19. The minimum atomic E-state index is 0.483. The van der Waals surface area contributed by atoms with Gasteiger partial charge in [0.05, 0.1) is 0 Å². The summed E-state index contributed by atoms with van der Waals surface area (Å²) in [7, 11) is 1.99. The summed E-state index contributed by atoms with van der Waals surface area (Å²) >= 11 is 0. The van der Waals surface area contributed by atoms with Crippen LogP contribution in [0, 0.1) is 6.92 Å². The minimum Gasteiger partial charge on any atom is -0.346 e. The predicted octanol–water partition coefficient (Wildman–Crippen LogP) is 3.97. The topological polar surface area (TPSA) is 15.3 Å². The number of nitrogens with one attached hydrogen (secondary N) is 1. The number of hydrogen-bond donors (Lipinski definition) is 1. The Hall–Kier alpha value is -1.28. The molecule has 102 valence electrons. The molecule has 0 spiro atoms. The molecule has 0 radical (unpaired) electrons. The van der Waals surface area contributed by atoms with Gasteiger partial charge in [-0.25, -0.2) is 0 Å². The smallest absolute Gasteiger partial charge is 0.0446 e. The first-order valence-electron chi connectivity index (χ1n) is 6.98. The molecule has 0 saturated heterocycles. The largest absolute Gasteiger partial charge is 0.346 e. The Labute approximate surface area is 113 Å². The molecule has 1 aliphatic heterocycles. The van der Waals surface area contributed by atoms with E-state index in [1.165, 1.54) is 11.3 Å². The van der Waals surface area contributed by atoms with Gasteiger partial charge in [-0.3, -0.25) is 0 Å². The fraction of sp³-hybridized carbons (Fsp3) is 0.500. The Kier molecular flexibility index (Phi) is 9.03. The van der Waals surface area contributed by atoms with Crippen LogP contribution in [0.1, 0.15) is 33.3 Å². The molecule has 1 heterocycles. The second kappa shape index (κ2) is 9.72. The average molecular weight is 248 g/mol. The third-order valence-electron chi connectivity index (χ3n) is 2.63. The van der Waals surface area contributed by atoms with E-state index < -0.39 is 0 Å². The normalized spacial score (nSPS) is 16.6. The number of hydrogen-bond acceptors (Lipinski definition) is 2. The SMILES string of the molecule is CC.CC.CNC1C=CN(c2ccc(C)cc2)C1. The van der Waals surface area contributed by atoms with Gasteiger partial charge in [0.1, 0.15) is 0 Å². The molecule has 1 aliphatic rings. The number of anilines is 1. The predicted molar refractivity (Wildman–Crippen MR) is 83.2 cm³/mol. The molecule has 1 aromatic rings. The van der Waals surface area contributed by atoms with E-state index >= 15 is 0 Å². The molecule has 0 saturated carbocycles. The van der Waals surface area contributed by atoms with E-state index in [4.69, 9.17) is 0 Å². The first-order chi connectivity index (χ1) is 8.79. The van der Waals surface area contributed by atoms with E-state index in [-0.39, 0.29) is 0 Å². The standard InChI is InChI=1S/C12H16N2.2C2H6/c1-10-3-5-12(6-4-10)14-8-7-11(9-14)13-2;2*1-2/h3-8,11,13H,9H2,1-2H3;2*1-2H3. The fourth-order valence-corrected chi connectivity index (χ4v) is 1.66. The monoisotopic (exact) mass is 248 g/mol. The first kappa shape index (κ1) is 16.7. The Morgan fingerprint density at radius 2 is 1.61 bits per heavy atom. The summed E-state index contributed by atoms with van der Waals surface area (Å²) in [6.45, 7) is 11.1. The second-order valence-corrected chi connectivity index (χ2v) is 3.72. The van der Waals surface area contributed by atoms with Crippen LogP contribution >= 0.6 is 0 Å². The maximum absolute atomic E-state index is 3.25. The van der Waals surface area contributed by atoms with Gasteiger partial charge in [-0.2, -0.15) is 0 Å². The molecule has 2 heteroatoms. The highest BCUT2D eigenvalue weighted by Gasteiger charge is 2.14. The molecular formula is C16H28N2. The van der Waals surface area contributed by atoms with E-state index in [9.17, 15) is 0 Å². The molecular weight excluding hydrogens is 220 g/mol. The maximum Gasteiger partial charge on any atom is 0.0446 e.